The Labute approximate surface area is 107 Å². The van der Waals surface area contributed by atoms with Gasteiger partial charge in [0, 0.05) is 11.5 Å². The quantitative estimate of drug-likeness (QED) is 0.806. The second-order valence-corrected chi connectivity index (χ2v) is 4.87. The second-order valence-electron chi connectivity index (χ2n) is 4.87. The average molecular weight is 293 g/mol. The van der Waals surface area contributed by atoms with Gasteiger partial charge in [-0.3, -0.25) is 0 Å². The minimum absolute atomic E-state index is 0.0182. The van der Waals surface area contributed by atoms with Crippen LogP contribution in [0.1, 0.15) is 33.1 Å². The Morgan fingerprint density at radius 3 is 1.79 bits per heavy atom. The van der Waals surface area contributed by atoms with Crippen molar-refractivity contribution in [3.05, 3.63) is 0 Å². The first-order valence-corrected chi connectivity index (χ1v) is 6.03. The smallest absolute Gasteiger partial charge is 0.357 e. The van der Waals surface area contributed by atoms with E-state index in [1.165, 1.54) is 0 Å². The molecular formula is C11H17F6NO. The molecular weight excluding hydrogens is 276 g/mol. The number of rotatable bonds is 4. The Morgan fingerprint density at radius 2 is 1.53 bits per heavy atom. The molecule has 2 nitrogen and oxygen atoms in total. The second kappa shape index (κ2) is 5.12. The molecule has 0 radical (unpaired) electrons. The highest BCUT2D eigenvalue weighted by molar-refractivity contribution is 5.06. The third-order valence-corrected chi connectivity index (χ3v) is 4.06. The molecule has 2 atom stereocenters. The third kappa shape index (κ3) is 2.99. The van der Waals surface area contributed by atoms with E-state index in [2.05, 4.69) is 4.74 Å². The van der Waals surface area contributed by atoms with Gasteiger partial charge in [0.2, 0.25) is 6.10 Å². The first-order chi connectivity index (χ1) is 8.49. The van der Waals surface area contributed by atoms with Crippen molar-refractivity contribution >= 4 is 0 Å². The number of nitrogens with two attached hydrogens (primary N) is 1. The molecule has 0 heterocycles. The number of halogens is 6. The van der Waals surface area contributed by atoms with E-state index in [-0.39, 0.29) is 6.42 Å². The summed E-state index contributed by atoms with van der Waals surface area (Å²) in [5.41, 5.74) is 4.92. The largest absolute Gasteiger partial charge is 0.423 e. The van der Waals surface area contributed by atoms with Gasteiger partial charge in [-0.2, -0.15) is 26.3 Å². The molecule has 19 heavy (non-hydrogen) atoms. The van der Waals surface area contributed by atoms with Gasteiger partial charge in [-0.15, -0.1) is 0 Å². The molecule has 1 aliphatic rings. The van der Waals surface area contributed by atoms with E-state index in [0.717, 1.165) is 0 Å². The topological polar surface area (TPSA) is 35.2 Å². The monoisotopic (exact) mass is 293 g/mol. The third-order valence-electron chi connectivity index (χ3n) is 4.06. The predicted octanol–water partition coefficient (Wildman–Crippen LogP) is 3.40. The first-order valence-electron chi connectivity index (χ1n) is 6.03. The van der Waals surface area contributed by atoms with Crippen LogP contribution < -0.4 is 5.73 Å². The fourth-order valence-corrected chi connectivity index (χ4v) is 2.70. The Morgan fingerprint density at radius 1 is 1.11 bits per heavy atom. The molecule has 1 fully saturated rings. The Hall–Kier alpha value is -0.500. The molecule has 0 aromatic heterocycles. The van der Waals surface area contributed by atoms with Crippen LogP contribution in [0.5, 0.6) is 0 Å². The lowest BCUT2D eigenvalue weighted by atomic mass is 9.59. The maximum Gasteiger partial charge on any atom is 0.423 e. The summed E-state index contributed by atoms with van der Waals surface area (Å²) in [7, 11) is 0. The van der Waals surface area contributed by atoms with Gasteiger partial charge >= 0.3 is 12.4 Å². The van der Waals surface area contributed by atoms with Crippen LogP contribution in [0.2, 0.25) is 0 Å². The molecule has 0 spiro atoms. The van der Waals surface area contributed by atoms with Crippen LogP contribution in [0.3, 0.4) is 0 Å². The van der Waals surface area contributed by atoms with Crippen molar-refractivity contribution in [1.29, 1.82) is 0 Å². The Balaban J connectivity index is 2.88. The highest BCUT2D eigenvalue weighted by atomic mass is 19.4. The average Bonchev–Trinajstić information content (AvgIpc) is 2.22. The highest BCUT2D eigenvalue weighted by Crippen LogP contribution is 2.50. The van der Waals surface area contributed by atoms with Gasteiger partial charge in [0.15, 0.2) is 0 Å². The summed E-state index contributed by atoms with van der Waals surface area (Å²) in [5, 5.41) is 0. The van der Waals surface area contributed by atoms with Crippen molar-refractivity contribution in [2.75, 3.05) is 0 Å². The summed E-state index contributed by atoms with van der Waals surface area (Å²) in [4.78, 5) is 0. The molecule has 8 heteroatoms. The van der Waals surface area contributed by atoms with Crippen LogP contribution in [0, 0.1) is 5.41 Å². The Kier molecular flexibility index (Phi) is 4.46. The molecule has 0 aromatic carbocycles. The minimum atomic E-state index is -5.47. The highest BCUT2D eigenvalue weighted by Gasteiger charge is 2.62. The van der Waals surface area contributed by atoms with E-state index in [1.807, 2.05) is 0 Å². The fourth-order valence-electron chi connectivity index (χ4n) is 2.70. The van der Waals surface area contributed by atoms with Crippen LogP contribution in [-0.2, 0) is 4.74 Å². The van der Waals surface area contributed by atoms with Crippen molar-refractivity contribution in [2.45, 2.75) is 63.7 Å². The molecule has 114 valence electrons. The lowest BCUT2D eigenvalue weighted by Gasteiger charge is -2.54. The Bertz CT molecular complexity index is 295. The van der Waals surface area contributed by atoms with Crippen molar-refractivity contribution < 1.29 is 31.1 Å². The standard InChI is InChI=1S/C11H17F6NO/c1-3-9(4-2)6(18)5-7(9)19-8(10(12,13)14)11(15,16)17/h6-8H,3-5,18H2,1-2H3. The summed E-state index contributed by atoms with van der Waals surface area (Å²) in [6.45, 7) is 3.38. The molecule has 0 aliphatic heterocycles. The zero-order chi connectivity index (χ0) is 15.1. The van der Waals surface area contributed by atoms with E-state index in [4.69, 9.17) is 5.73 Å². The number of alkyl halides is 6. The first kappa shape index (κ1) is 16.6. The van der Waals surface area contributed by atoms with E-state index < -0.39 is 36.0 Å². The van der Waals surface area contributed by atoms with E-state index in [1.54, 1.807) is 13.8 Å². The fraction of sp³-hybridized carbons (Fsp3) is 1.00. The SMILES string of the molecule is CCC1(CC)C(N)CC1OC(C(F)(F)F)C(F)(F)F. The summed E-state index contributed by atoms with van der Waals surface area (Å²) >= 11 is 0. The van der Waals surface area contributed by atoms with E-state index in [9.17, 15) is 26.3 Å². The van der Waals surface area contributed by atoms with Crippen LogP contribution in [0.15, 0.2) is 0 Å². The number of hydrogen-bond acceptors (Lipinski definition) is 2. The molecule has 0 aromatic rings. The van der Waals surface area contributed by atoms with E-state index in [0.29, 0.717) is 12.8 Å². The molecule has 2 unspecified atom stereocenters. The van der Waals surface area contributed by atoms with Crippen LogP contribution in [0.4, 0.5) is 26.3 Å². The summed E-state index contributed by atoms with van der Waals surface area (Å²) < 4.78 is 78.9. The zero-order valence-electron chi connectivity index (χ0n) is 10.6. The van der Waals surface area contributed by atoms with Gasteiger partial charge in [-0.1, -0.05) is 13.8 Å². The maximum atomic E-state index is 12.4. The van der Waals surface area contributed by atoms with Gasteiger partial charge in [0.05, 0.1) is 6.10 Å². The van der Waals surface area contributed by atoms with Crippen molar-refractivity contribution in [3.8, 4) is 0 Å². The molecule has 1 saturated carbocycles. The van der Waals surface area contributed by atoms with E-state index >= 15 is 0 Å². The van der Waals surface area contributed by atoms with Crippen molar-refractivity contribution in [1.82, 2.24) is 0 Å². The summed E-state index contributed by atoms with van der Waals surface area (Å²) in [6.07, 6.45) is -15.0. The van der Waals surface area contributed by atoms with Crippen LogP contribution >= 0.6 is 0 Å². The number of hydrogen-bond donors (Lipinski definition) is 1. The van der Waals surface area contributed by atoms with Gasteiger partial charge in [-0.25, -0.2) is 0 Å². The molecule has 2 N–H and O–H groups in total. The lowest BCUT2D eigenvalue weighted by molar-refractivity contribution is -0.348. The lowest BCUT2D eigenvalue weighted by Crippen LogP contribution is -2.64. The molecule has 1 aliphatic carbocycles. The van der Waals surface area contributed by atoms with Gasteiger partial charge < -0.3 is 10.5 Å². The summed E-state index contributed by atoms with van der Waals surface area (Å²) in [5.74, 6) is 0. The minimum Gasteiger partial charge on any atom is -0.357 e. The zero-order valence-corrected chi connectivity index (χ0v) is 10.6. The predicted molar refractivity (Wildman–Crippen MR) is 56.4 cm³/mol. The molecule has 0 bridgehead atoms. The van der Waals surface area contributed by atoms with Gasteiger partial charge in [0.1, 0.15) is 0 Å². The van der Waals surface area contributed by atoms with Gasteiger partial charge in [0.25, 0.3) is 0 Å². The maximum absolute atomic E-state index is 12.4. The van der Waals surface area contributed by atoms with Crippen molar-refractivity contribution in [3.63, 3.8) is 0 Å². The normalized spacial score (nSPS) is 27.5. The van der Waals surface area contributed by atoms with Crippen LogP contribution in [-0.4, -0.2) is 30.6 Å². The summed E-state index contributed by atoms with van der Waals surface area (Å²) in [6, 6.07) is -0.422. The van der Waals surface area contributed by atoms with Crippen LogP contribution in [0.25, 0.3) is 0 Å². The van der Waals surface area contributed by atoms with Gasteiger partial charge in [-0.05, 0) is 19.3 Å². The number of ether oxygens (including phenoxy) is 1. The molecule has 0 amide bonds. The molecule has 0 saturated heterocycles. The van der Waals surface area contributed by atoms with Crippen molar-refractivity contribution in [2.24, 2.45) is 11.1 Å². The molecule has 1 rings (SSSR count).